The van der Waals surface area contributed by atoms with Crippen molar-refractivity contribution in [3.63, 3.8) is 0 Å². The van der Waals surface area contributed by atoms with Crippen LogP contribution in [0.1, 0.15) is 141 Å². The summed E-state index contributed by atoms with van der Waals surface area (Å²) in [4.78, 5) is 77.3. The second kappa shape index (κ2) is 15.2. The van der Waals surface area contributed by atoms with Crippen molar-refractivity contribution in [3.8, 4) is 0 Å². The molecule has 0 N–H and O–H groups in total. The van der Waals surface area contributed by atoms with Crippen LogP contribution in [0, 0.1) is 32.5 Å². The van der Waals surface area contributed by atoms with Gasteiger partial charge in [-0.15, -0.1) is 0 Å². The van der Waals surface area contributed by atoms with E-state index in [1.54, 1.807) is 41.5 Å². The van der Waals surface area contributed by atoms with Crippen LogP contribution in [0.25, 0.3) is 0 Å². The van der Waals surface area contributed by atoms with Crippen molar-refractivity contribution in [2.75, 3.05) is 0 Å². The van der Waals surface area contributed by atoms with Crippen LogP contribution in [0.3, 0.4) is 0 Å². The zero-order chi connectivity index (χ0) is 36.2. The molecular weight excluding hydrogens is 642 g/mol. The smallest absolute Gasteiger partial charge is 0.551 e. The summed E-state index contributed by atoms with van der Waals surface area (Å²) in [7, 11) is 0. The van der Waals surface area contributed by atoms with Gasteiger partial charge in [0.2, 0.25) is 0 Å². The molecule has 264 valence electrons. The van der Waals surface area contributed by atoms with Crippen LogP contribution >= 0.6 is 0 Å². The first-order chi connectivity index (χ1) is 21.3. The number of carbonyl (C=O) groups excluding carboxylic acids is 6. The fourth-order valence-electron chi connectivity index (χ4n) is 5.14. The topological polar surface area (TPSA) is 158 Å². The molecule has 0 radical (unpaired) electrons. The van der Waals surface area contributed by atoms with Gasteiger partial charge in [-0.2, -0.15) is 0 Å². The van der Waals surface area contributed by atoms with Crippen molar-refractivity contribution in [2.24, 2.45) is 32.5 Å². The molecule has 2 aliphatic rings. The van der Waals surface area contributed by atoms with Crippen molar-refractivity contribution in [1.82, 2.24) is 0 Å². The van der Waals surface area contributed by atoms with E-state index in [2.05, 4.69) is 0 Å². The largest absolute Gasteiger partial charge is 1.20 e. The molecule has 0 aromatic carbocycles. The molecule has 14 heteroatoms. The van der Waals surface area contributed by atoms with Gasteiger partial charge in [-0.3, -0.25) is 28.8 Å². The fourth-order valence-corrected chi connectivity index (χ4v) is 7.83. The molecule has 0 unspecified atom stereocenters. The predicted octanol–water partition coefficient (Wildman–Crippen LogP) is 5.91. The Morgan fingerprint density at radius 3 is 1.51 bits per heavy atom. The average Bonchev–Trinajstić information content (AvgIpc) is 2.90. The van der Waals surface area contributed by atoms with E-state index in [0.717, 1.165) is 0 Å². The summed E-state index contributed by atoms with van der Waals surface area (Å²) in [5, 5.41) is 0. The van der Waals surface area contributed by atoms with E-state index < -0.39 is 98.6 Å². The molecule has 47 heavy (non-hydrogen) atoms. The molecule has 0 saturated carbocycles. The molecule has 0 amide bonds. The van der Waals surface area contributed by atoms with Crippen molar-refractivity contribution in [1.29, 1.82) is 0 Å². The van der Waals surface area contributed by atoms with E-state index in [4.69, 9.17) is 22.7 Å². The zero-order valence-electron chi connectivity index (χ0n) is 30.4. The first-order valence-electron chi connectivity index (χ1n) is 16.5. The Hall–Kier alpha value is -2.12. The predicted molar refractivity (Wildman–Crippen MR) is 172 cm³/mol. The van der Waals surface area contributed by atoms with Gasteiger partial charge in [0.15, 0.2) is 0 Å². The highest BCUT2D eigenvalue weighted by atomic mass is 27.3. The molecule has 2 saturated heterocycles. The summed E-state index contributed by atoms with van der Waals surface area (Å²) < 4.78 is 32.7. The summed E-state index contributed by atoms with van der Waals surface area (Å²) in [5.74, 6) is -3.75. The van der Waals surface area contributed by atoms with E-state index in [1.165, 1.54) is 0 Å². The average molecular weight is 697 g/mol. The van der Waals surface area contributed by atoms with Gasteiger partial charge < -0.3 is 22.7 Å². The Kier molecular flexibility index (Phi) is 13.3. The van der Waals surface area contributed by atoms with Crippen LogP contribution in [-0.4, -0.2) is 66.1 Å². The van der Waals surface area contributed by atoms with Gasteiger partial charge >= 0.3 is 30.3 Å². The monoisotopic (exact) mass is 696 g/mol. The highest BCUT2D eigenvalue weighted by Crippen LogP contribution is 2.46. The van der Waals surface area contributed by atoms with E-state index in [-0.39, 0.29) is 25.7 Å². The van der Waals surface area contributed by atoms with Gasteiger partial charge in [0.1, 0.15) is 0 Å². The molecule has 0 bridgehead atoms. The minimum absolute atomic E-state index is 0.0838. The minimum atomic E-state index is -3.54. The molecule has 0 spiro atoms. The van der Waals surface area contributed by atoms with Crippen LogP contribution in [-0.2, 0) is 51.5 Å². The Labute approximate surface area is 290 Å². The lowest BCUT2D eigenvalue weighted by molar-refractivity contribution is -0.164. The van der Waals surface area contributed by atoms with E-state index >= 15 is 0 Å². The Morgan fingerprint density at radius 1 is 0.681 bits per heavy atom. The molecule has 12 nitrogen and oxygen atoms in total. The van der Waals surface area contributed by atoms with Crippen LogP contribution < -0.4 is 0 Å². The summed E-state index contributed by atoms with van der Waals surface area (Å²) in [5.41, 5.74) is -4.65. The van der Waals surface area contributed by atoms with Crippen molar-refractivity contribution < 1.29 is 51.5 Å². The van der Waals surface area contributed by atoms with Crippen LogP contribution in [0.5, 0.6) is 0 Å². The number of hydrogen-bond acceptors (Lipinski definition) is 12. The van der Waals surface area contributed by atoms with Gasteiger partial charge in [-0.05, 0) is 96.3 Å². The van der Waals surface area contributed by atoms with E-state index in [0.29, 0.717) is 32.1 Å². The molecular formula is C33H54Al2O12. The molecule has 2 rings (SSSR count). The zero-order valence-corrected chi connectivity index (χ0v) is 32.7. The molecule has 0 atom stereocenters. The lowest BCUT2D eigenvalue weighted by Gasteiger charge is -2.41. The summed E-state index contributed by atoms with van der Waals surface area (Å²) in [6, 6.07) is 0. The molecule has 0 aliphatic carbocycles. The summed E-state index contributed by atoms with van der Waals surface area (Å²) in [6.07, 6.45) is 3.07. The maximum atomic E-state index is 13.5. The molecule has 0 aromatic heterocycles. The van der Waals surface area contributed by atoms with Gasteiger partial charge in [0.25, 0.3) is 35.8 Å². The fraction of sp³-hybridized carbons (Fsp3) is 0.818. The van der Waals surface area contributed by atoms with Gasteiger partial charge in [0.05, 0.1) is 16.2 Å². The van der Waals surface area contributed by atoms with Crippen LogP contribution in [0.4, 0.5) is 0 Å². The first kappa shape index (κ1) is 41.1. The first-order valence-corrected chi connectivity index (χ1v) is 19.3. The lowest BCUT2D eigenvalue weighted by Crippen LogP contribution is -2.49. The number of carbonyl (C=O) groups is 6. The molecule has 2 heterocycles. The van der Waals surface area contributed by atoms with Gasteiger partial charge in [-0.25, -0.2) is 0 Å². The molecule has 2 fully saturated rings. The van der Waals surface area contributed by atoms with Crippen molar-refractivity contribution in [3.05, 3.63) is 0 Å². The summed E-state index contributed by atoms with van der Waals surface area (Å²) >= 11 is -7.00. The molecule has 2 aliphatic heterocycles. The summed E-state index contributed by atoms with van der Waals surface area (Å²) in [6.45, 7) is 21.8. The third-order valence-electron chi connectivity index (χ3n) is 11.4. The minimum Gasteiger partial charge on any atom is -0.551 e. The van der Waals surface area contributed by atoms with Crippen molar-refractivity contribution in [2.45, 2.75) is 141 Å². The third kappa shape index (κ3) is 9.97. The second-order valence-corrected chi connectivity index (χ2v) is 18.9. The van der Waals surface area contributed by atoms with Crippen molar-refractivity contribution >= 4 is 66.1 Å². The SMILES string of the molecule is CC1(C)CCCC(=O)[O][Al]([O]C(=O)CCCC(C)(C)C(C)(C)C(=O)[O][Al]2[O]C(=O)CCCC(C)(C)C(C)(C)C(=O)[O]2)[O]C(=O)C1(C)C. The van der Waals surface area contributed by atoms with E-state index in [1.807, 2.05) is 41.5 Å². The number of hydrogen-bond donors (Lipinski definition) is 0. The maximum absolute atomic E-state index is 13.5. The second-order valence-electron chi connectivity index (χ2n) is 16.4. The Balaban J connectivity index is 2.05. The van der Waals surface area contributed by atoms with Crippen LogP contribution in [0.2, 0.25) is 0 Å². The highest BCUT2D eigenvalue weighted by molar-refractivity contribution is 6.44. The normalized spacial score (nSPS) is 22.1. The lowest BCUT2D eigenvalue weighted by atomic mass is 9.65. The third-order valence-corrected chi connectivity index (χ3v) is 14.0. The van der Waals surface area contributed by atoms with Gasteiger partial charge in [-0.1, -0.05) is 41.5 Å². The van der Waals surface area contributed by atoms with Gasteiger partial charge in [0, 0.05) is 19.3 Å². The quantitative estimate of drug-likeness (QED) is 0.277. The van der Waals surface area contributed by atoms with E-state index in [9.17, 15) is 28.8 Å². The number of rotatable bonds is 8. The Bertz CT molecular complexity index is 1220. The standard InChI is InChI=1S/3C11H20O4.2Al/c3*1-10(2,7-5-6-8(12)13)11(3,4)9(14)15;;/h3*5-7H2,1-4H3,(H,12,13)(H,14,15);;/q;;;2*+3/p-6. The Morgan fingerprint density at radius 2 is 1.09 bits per heavy atom. The maximum Gasteiger partial charge on any atom is 1.20 e. The van der Waals surface area contributed by atoms with Crippen LogP contribution in [0.15, 0.2) is 0 Å². The molecule has 0 aromatic rings. The highest BCUT2D eigenvalue weighted by Gasteiger charge is 2.58.